The number of nitrogens with one attached hydrogen (secondary N) is 2. The topological polar surface area (TPSA) is 141 Å². The number of hydrogen-bond donors (Lipinski definition) is 2. The van der Waals surface area contributed by atoms with Crippen LogP contribution in [0.1, 0.15) is 15.9 Å². The van der Waals surface area contributed by atoms with Crippen molar-refractivity contribution in [1.29, 1.82) is 0 Å². The minimum atomic E-state index is -4.25. The molecule has 11 heteroatoms. The molecule has 2 aromatic carbocycles. The summed E-state index contributed by atoms with van der Waals surface area (Å²) in [6.45, 7) is 1.24. The Morgan fingerprint density at radius 3 is 2.58 bits per heavy atom. The average molecular weight is 446 g/mol. The van der Waals surface area contributed by atoms with Gasteiger partial charge in [0.25, 0.3) is 15.9 Å². The zero-order valence-corrected chi connectivity index (χ0v) is 17.3. The Hall–Kier alpha value is -3.70. The molecule has 1 amide bonds. The van der Waals surface area contributed by atoms with Crippen LogP contribution in [0.3, 0.4) is 0 Å². The number of sulfonamides is 1. The molecule has 1 aromatic heterocycles. The molecular weight excluding hydrogens is 428 g/mol. The van der Waals surface area contributed by atoms with Gasteiger partial charge in [-0.05, 0) is 36.8 Å². The molecule has 2 N–H and O–H groups in total. The summed E-state index contributed by atoms with van der Waals surface area (Å²) in [5.74, 6) is -1.39. The van der Waals surface area contributed by atoms with Gasteiger partial charge in [0.15, 0.2) is 6.61 Å². The number of esters is 1. The van der Waals surface area contributed by atoms with Crippen LogP contribution in [0.25, 0.3) is 11.0 Å². The van der Waals surface area contributed by atoms with E-state index in [1.165, 1.54) is 36.4 Å². The van der Waals surface area contributed by atoms with Crippen molar-refractivity contribution in [1.82, 2.24) is 10.3 Å². The Morgan fingerprint density at radius 2 is 1.84 bits per heavy atom. The molecule has 3 aromatic rings. The fraction of sp³-hybridized carbons (Fsp3) is 0.150. The smallest absolute Gasteiger partial charge is 0.339 e. The Bertz CT molecular complexity index is 1310. The number of hydrazine groups is 1. The number of aryl methyl sites for hydroxylation is 1. The van der Waals surface area contributed by atoms with E-state index in [0.29, 0.717) is 11.0 Å². The highest BCUT2D eigenvalue weighted by atomic mass is 32.2. The number of methoxy groups -OCH3 is 1. The van der Waals surface area contributed by atoms with E-state index in [4.69, 9.17) is 9.15 Å². The van der Waals surface area contributed by atoms with Crippen molar-refractivity contribution >= 4 is 32.9 Å². The molecule has 1 heterocycles. The van der Waals surface area contributed by atoms with Gasteiger partial charge in [0.1, 0.15) is 11.3 Å². The maximum atomic E-state index is 12.4. The number of rotatable bonds is 7. The third-order valence-corrected chi connectivity index (χ3v) is 5.51. The second-order valence-electron chi connectivity index (χ2n) is 6.34. The molecule has 0 unspecified atom stereocenters. The van der Waals surface area contributed by atoms with E-state index in [1.807, 2.05) is 10.3 Å². The summed E-state index contributed by atoms with van der Waals surface area (Å²) in [6, 6.07) is 11.4. The van der Waals surface area contributed by atoms with Crippen LogP contribution >= 0.6 is 0 Å². The molecule has 31 heavy (non-hydrogen) atoms. The van der Waals surface area contributed by atoms with Gasteiger partial charge in [0.2, 0.25) is 0 Å². The third-order valence-electron chi connectivity index (χ3n) is 4.20. The van der Waals surface area contributed by atoms with E-state index < -0.39 is 34.1 Å². The minimum absolute atomic E-state index is 0.184. The highest BCUT2D eigenvalue weighted by Gasteiger charge is 2.23. The lowest BCUT2D eigenvalue weighted by molar-refractivity contribution is -0.123. The van der Waals surface area contributed by atoms with Crippen molar-refractivity contribution in [2.75, 3.05) is 13.7 Å². The fourth-order valence-corrected chi connectivity index (χ4v) is 3.80. The molecule has 0 saturated heterocycles. The van der Waals surface area contributed by atoms with Gasteiger partial charge < -0.3 is 13.9 Å². The Morgan fingerprint density at radius 1 is 1.10 bits per heavy atom. The van der Waals surface area contributed by atoms with E-state index >= 15 is 0 Å². The van der Waals surface area contributed by atoms with E-state index in [1.54, 1.807) is 19.1 Å². The summed E-state index contributed by atoms with van der Waals surface area (Å²) in [5.41, 5.74) is 2.33. The molecule has 0 aliphatic rings. The lowest BCUT2D eigenvalue weighted by Gasteiger charge is -2.12. The molecule has 0 saturated carbocycles. The normalized spacial score (nSPS) is 11.2. The SMILES string of the molecule is COC(=O)c1ccccc1S(=O)(=O)NNC(=O)COc1ccc2c(C)cc(=O)oc2c1. The lowest BCUT2D eigenvalue weighted by atomic mass is 10.1. The van der Waals surface area contributed by atoms with E-state index in [0.717, 1.165) is 12.7 Å². The Labute approximate surface area is 176 Å². The minimum Gasteiger partial charge on any atom is -0.484 e. The van der Waals surface area contributed by atoms with Gasteiger partial charge in [-0.15, -0.1) is 4.83 Å². The number of fused-ring (bicyclic) bond motifs is 1. The molecule has 3 rings (SSSR count). The molecule has 162 valence electrons. The van der Waals surface area contributed by atoms with Crippen molar-refractivity contribution in [3.8, 4) is 5.75 Å². The first-order chi connectivity index (χ1) is 14.7. The second kappa shape index (κ2) is 8.98. The van der Waals surface area contributed by atoms with Gasteiger partial charge >= 0.3 is 11.6 Å². The number of amides is 1. The van der Waals surface area contributed by atoms with Crippen LogP contribution in [0, 0.1) is 6.92 Å². The molecule has 0 radical (unpaired) electrons. The second-order valence-corrected chi connectivity index (χ2v) is 7.99. The van der Waals surface area contributed by atoms with Crippen molar-refractivity contribution in [3.05, 3.63) is 70.1 Å². The molecular formula is C20H18N2O8S. The van der Waals surface area contributed by atoms with Crippen LogP contribution in [0.2, 0.25) is 0 Å². The van der Waals surface area contributed by atoms with Gasteiger partial charge in [0.05, 0.1) is 17.6 Å². The average Bonchev–Trinajstić information content (AvgIpc) is 2.75. The first kappa shape index (κ1) is 22.0. The van der Waals surface area contributed by atoms with E-state index in [2.05, 4.69) is 4.74 Å². The summed E-state index contributed by atoms with van der Waals surface area (Å²) in [5, 5.41) is 0.716. The van der Waals surface area contributed by atoms with Crippen molar-refractivity contribution in [2.45, 2.75) is 11.8 Å². The molecule has 0 aliphatic heterocycles. The molecule has 0 spiro atoms. The zero-order valence-electron chi connectivity index (χ0n) is 16.5. The first-order valence-corrected chi connectivity index (χ1v) is 10.3. The molecule has 0 atom stereocenters. The number of ether oxygens (including phenoxy) is 2. The maximum absolute atomic E-state index is 12.4. The van der Waals surface area contributed by atoms with E-state index in [9.17, 15) is 22.8 Å². The third kappa shape index (κ3) is 5.08. The van der Waals surface area contributed by atoms with Gasteiger partial charge in [-0.25, -0.2) is 18.0 Å². The van der Waals surface area contributed by atoms with Gasteiger partial charge in [-0.1, -0.05) is 12.1 Å². The summed E-state index contributed by atoms with van der Waals surface area (Å²) < 4.78 is 39.9. The largest absolute Gasteiger partial charge is 0.484 e. The number of carbonyl (C=O) groups is 2. The van der Waals surface area contributed by atoms with Gasteiger partial charge in [0, 0.05) is 17.5 Å². The molecule has 0 fully saturated rings. The highest BCUT2D eigenvalue weighted by Crippen LogP contribution is 2.22. The molecule has 0 bridgehead atoms. The van der Waals surface area contributed by atoms with Crippen molar-refractivity contribution in [3.63, 3.8) is 0 Å². The van der Waals surface area contributed by atoms with Crippen LogP contribution < -0.4 is 20.6 Å². The summed E-state index contributed by atoms with van der Waals surface area (Å²) in [7, 11) is -3.13. The van der Waals surface area contributed by atoms with Crippen LogP contribution in [0.5, 0.6) is 5.75 Å². The molecule has 10 nitrogen and oxygen atoms in total. The summed E-state index contributed by atoms with van der Waals surface area (Å²) in [6.07, 6.45) is 0. The van der Waals surface area contributed by atoms with E-state index in [-0.39, 0.29) is 16.2 Å². The lowest BCUT2D eigenvalue weighted by Crippen LogP contribution is -2.44. The quantitative estimate of drug-likeness (QED) is 0.314. The van der Waals surface area contributed by atoms with Crippen molar-refractivity contribution in [2.24, 2.45) is 0 Å². The summed E-state index contributed by atoms with van der Waals surface area (Å²) >= 11 is 0. The Balaban J connectivity index is 1.65. The predicted octanol–water partition coefficient (Wildman–Crippen LogP) is 1.28. The van der Waals surface area contributed by atoms with Crippen LogP contribution in [0.4, 0.5) is 0 Å². The van der Waals surface area contributed by atoms with Crippen LogP contribution in [-0.2, 0) is 19.6 Å². The number of carbonyl (C=O) groups excluding carboxylic acids is 2. The maximum Gasteiger partial charge on any atom is 0.339 e. The first-order valence-electron chi connectivity index (χ1n) is 8.86. The predicted molar refractivity (Wildman–Crippen MR) is 109 cm³/mol. The fourth-order valence-electron chi connectivity index (χ4n) is 2.74. The van der Waals surface area contributed by atoms with Crippen molar-refractivity contribution < 1.29 is 31.9 Å². The van der Waals surface area contributed by atoms with Crippen LogP contribution in [-0.4, -0.2) is 34.0 Å². The standard InChI is InChI=1S/C20H18N2O8S/c1-12-9-19(24)30-16-10-13(7-8-14(12)16)29-11-18(23)21-22-31(26,27)17-6-4-3-5-15(17)20(25)28-2/h3-10,22H,11H2,1-2H3,(H,21,23). The Kier molecular flexibility index (Phi) is 6.37. The zero-order chi connectivity index (χ0) is 22.6. The number of benzene rings is 2. The van der Waals surface area contributed by atoms with Gasteiger partial charge in [-0.2, -0.15) is 0 Å². The summed E-state index contributed by atoms with van der Waals surface area (Å²) in [4.78, 5) is 36.8. The highest BCUT2D eigenvalue weighted by molar-refractivity contribution is 7.89. The van der Waals surface area contributed by atoms with Gasteiger partial charge in [-0.3, -0.25) is 10.2 Å². The monoisotopic (exact) mass is 446 g/mol. The van der Waals surface area contributed by atoms with Crippen LogP contribution in [0.15, 0.2) is 62.6 Å². The molecule has 0 aliphatic carbocycles. The number of hydrogen-bond acceptors (Lipinski definition) is 8.